The van der Waals surface area contributed by atoms with Gasteiger partial charge in [-0.05, 0) is 63.4 Å². The van der Waals surface area contributed by atoms with E-state index in [1.54, 1.807) is 30.3 Å². The van der Waals surface area contributed by atoms with Crippen LogP contribution in [0.15, 0.2) is 45.9 Å². The number of nitrogens with one attached hydrogen (secondary N) is 2. The quantitative estimate of drug-likeness (QED) is 0.467. The second-order valence-electron chi connectivity index (χ2n) is 8.20. The maximum absolute atomic E-state index is 13.2. The van der Waals surface area contributed by atoms with Crippen molar-refractivity contribution in [3.63, 3.8) is 0 Å². The van der Waals surface area contributed by atoms with Crippen LogP contribution < -0.4 is 15.5 Å². The van der Waals surface area contributed by atoms with Crippen LogP contribution in [0, 0.1) is 0 Å². The van der Waals surface area contributed by atoms with Crippen LogP contribution in [-0.4, -0.2) is 57.3 Å². The van der Waals surface area contributed by atoms with Crippen molar-refractivity contribution in [3.05, 3.63) is 42.4 Å². The van der Waals surface area contributed by atoms with Crippen molar-refractivity contribution in [2.45, 2.75) is 50.8 Å². The molecule has 3 rings (SSSR count). The van der Waals surface area contributed by atoms with Gasteiger partial charge in [-0.25, -0.2) is 8.42 Å². The molecule has 0 unspecified atom stereocenters. The fourth-order valence-corrected chi connectivity index (χ4v) is 5.57. The molecule has 0 bridgehead atoms. The Morgan fingerprint density at radius 3 is 2.47 bits per heavy atom. The van der Waals surface area contributed by atoms with Gasteiger partial charge in [0.05, 0.1) is 22.5 Å². The number of carbonyl (C=O) groups is 2. The van der Waals surface area contributed by atoms with Crippen LogP contribution in [0.1, 0.15) is 56.5 Å². The molecule has 1 aliphatic rings. The summed E-state index contributed by atoms with van der Waals surface area (Å²) in [6.45, 7) is 6.81. The van der Waals surface area contributed by atoms with Crippen LogP contribution in [0.25, 0.3) is 0 Å². The second kappa shape index (κ2) is 12.0. The van der Waals surface area contributed by atoms with Gasteiger partial charge >= 0.3 is 0 Å². The molecule has 2 N–H and O–H groups in total. The molecule has 1 fully saturated rings. The summed E-state index contributed by atoms with van der Waals surface area (Å²) in [5.74, 6) is -0.349. The van der Waals surface area contributed by atoms with Gasteiger partial charge in [-0.3, -0.25) is 9.59 Å². The van der Waals surface area contributed by atoms with Crippen molar-refractivity contribution < 1.29 is 22.4 Å². The Morgan fingerprint density at radius 1 is 1.09 bits per heavy atom. The van der Waals surface area contributed by atoms with E-state index in [1.165, 1.54) is 10.6 Å². The summed E-state index contributed by atoms with van der Waals surface area (Å²) in [5.41, 5.74) is 1.26. The summed E-state index contributed by atoms with van der Waals surface area (Å²) >= 11 is 0. The smallest absolute Gasteiger partial charge is 0.286 e. The summed E-state index contributed by atoms with van der Waals surface area (Å²) in [6, 6.07) is 8.16. The molecule has 2 heterocycles. The van der Waals surface area contributed by atoms with Gasteiger partial charge in [-0.1, -0.05) is 6.42 Å². The molecule has 1 aromatic heterocycles. The molecule has 1 aromatic carbocycles. The van der Waals surface area contributed by atoms with Crippen LogP contribution in [0.2, 0.25) is 0 Å². The van der Waals surface area contributed by atoms with Gasteiger partial charge in [-0.15, -0.1) is 0 Å². The Balaban J connectivity index is 1.69. The van der Waals surface area contributed by atoms with E-state index in [-0.39, 0.29) is 28.9 Å². The lowest BCUT2D eigenvalue weighted by Gasteiger charge is -2.28. The predicted octanol–water partition coefficient (Wildman–Crippen LogP) is 3.45. The van der Waals surface area contributed by atoms with Gasteiger partial charge in [0.15, 0.2) is 5.76 Å². The summed E-state index contributed by atoms with van der Waals surface area (Å²) in [6.07, 6.45) is 4.79. The molecule has 0 spiro atoms. The number of hydrogen-bond acceptors (Lipinski definition) is 6. The lowest BCUT2D eigenvalue weighted by molar-refractivity contribution is -0.116. The topological polar surface area (TPSA) is 112 Å². The Bertz CT molecular complexity index is 1060. The van der Waals surface area contributed by atoms with Crippen LogP contribution in [-0.2, 0) is 14.8 Å². The first-order valence-electron chi connectivity index (χ1n) is 11.9. The van der Waals surface area contributed by atoms with Gasteiger partial charge in [-0.2, -0.15) is 4.31 Å². The molecule has 2 aromatic rings. The third-order valence-electron chi connectivity index (χ3n) is 5.91. The molecule has 186 valence electrons. The largest absolute Gasteiger partial charge is 0.459 e. The zero-order valence-electron chi connectivity index (χ0n) is 19.9. The monoisotopic (exact) mass is 490 g/mol. The number of anilines is 2. The van der Waals surface area contributed by atoms with Crippen LogP contribution in [0.3, 0.4) is 0 Å². The third kappa shape index (κ3) is 6.38. The van der Waals surface area contributed by atoms with Crippen LogP contribution >= 0.6 is 0 Å². The van der Waals surface area contributed by atoms with Gasteiger partial charge in [0.1, 0.15) is 0 Å². The van der Waals surface area contributed by atoms with Crippen molar-refractivity contribution >= 4 is 33.2 Å². The van der Waals surface area contributed by atoms with Crippen molar-refractivity contribution in [1.82, 2.24) is 9.62 Å². The minimum Gasteiger partial charge on any atom is -0.459 e. The minimum absolute atomic E-state index is 0.180. The number of furan rings is 1. The van der Waals surface area contributed by atoms with Gasteiger partial charge in [0.25, 0.3) is 5.91 Å². The van der Waals surface area contributed by atoms with E-state index < -0.39 is 10.0 Å². The Morgan fingerprint density at radius 2 is 1.82 bits per heavy atom. The number of sulfonamides is 1. The first kappa shape index (κ1) is 25.8. The molecule has 0 saturated carbocycles. The molecule has 2 amide bonds. The van der Waals surface area contributed by atoms with Crippen molar-refractivity contribution in [3.8, 4) is 0 Å². The maximum Gasteiger partial charge on any atom is 0.286 e. The van der Waals surface area contributed by atoms with E-state index >= 15 is 0 Å². The lowest BCUT2D eigenvalue weighted by Crippen LogP contribution is -2.35. The molecule has 0 atom stereocenters. The molecule has 9 nitrogen and oxygen atoms in total. The highest BCUT2D eigenvalue weighted by molar-refractivity contribution is 7.89. The zero-order chi connectivity index (χ0) is 24.6. The molecule has 0 aliphatic carbocycles. The van der Waals surface area contributed by atoms with Crippen LogP contribution in [0.5, 0.6) is 0 Å². The lowest BCUT2D eigenvalue weighted by atomic mass is 10.2. The van der Waals surface area contributed by atoms with Gasteiger partial charge in [0.2, 0.25) is 15.9 Å². The van der Waals surface area contributed by atoms with Crippen LogP contribution in [0.4, 0.5) is 11.4 Å². The highest BCUT2D eigenvalue weighted by Gasteiger charge is 2.27. The average molecular weight is 491 g/mol. The Labute approximate surface area is 201 Å². The normalized spacial score (nSPS) is 14.5. The fraction of sp³-hybridized carbons (Fsp3) is 0.500. The van der Waals surface area contributed by atoms with Crippen molar-refractivity contribution in [2.24, 2.45) is 0 Å². The summed E-state index contributed by atoms with van der Waals surface area (Å²) < 4.78 is 32.9. The number of benzene rings is 1. The second-order valence-corrected chi connectivity index (χ2v) is 10.1. The van der Waals surface area contributed by atoms with E-state index in [9.17, 15) is 18.0 Å². The highest BCUT2D eigenvalue weighted by Crippen LogP contribution is 2.31. The van der Waals surface area contributed by atoms with Crippen molar-refractivity contribution in [2.75, 3.05) is 42.9 Å². The van der Waals surface area contributed by atoms with Crippen molar-refractivity contribution in [1.29, 1.82) is 0 Å². The first-order valence-corrected chi connectivity index (χ1v) is 13.3. The first-order chi connectivity index (χ1) is 16.4. The number of carbonyl (C=O) groups excluding carboxylic acids is 2. The Kier molecular flexibility index (Phi) is 9.12. The molecule has 1 aliphatic heterocycles. The number of hydrogen-bond donors (Lipinski definition) is 2. The molecule has 1 saturated heterocycles. The predicted molar refractivity (Wildman–Crippen MR) is 132 cm³/mol. The highest BCUT2D eigenvalue weighted by atomic mass is 32.2. The summed E-state index contributed by atoms with van der Waals surface area (Å²) in [5, 5.41) is 5.61. The maximum atomic E-state index is 13.2. The Hall–Kier alpha value is -2.85. The summed E-state index contributed by atoms with van der Waals surface area (Å²) in [7, 11) is -3.62. The summed E-state index contributed by atoms with van der Waals surface area (Å²) in [4.78, 5) is 26.8. The fourth-order valence-electron chi connectivity index (χ4n) is 4.03. The van der Waals surface area contributed by atoms with E-state index in [0.29, 0.717) is 31.7 Å². The molecule has 0 radical (unpaired) electrons. The number of piperidine rings is 1. The van der Waals surface area contributed by atoms with E-state index in [2.05, 4.69) is 15.5 Å². The molecular weight excluding hydrogens is 456 g/mol. The molecule has 34 heavy (non-hydrogen) atoms. The van der Waals surface area contributed by atoms with E-state index in [0.717, 1.165) is 38.0 Å². The number of rotatable bonds is 11. The minimum atomic E-state index is -3.62. The number of amides is 2. The zero-order valence-corrected chi connectivity index (χ0v) is 20.7. The third-order valence-corrected chi connectivity index (χ3v) is 7.80. The number of nitrogens with zero attached hydrogens (tertiary/aromatic N) is 2. The average Bonchev–Trinajstić information content (AvgIpc) is 3.39. The molecule has 10 heteroatoms. The SMILES string of the molecule is CCN(CC)c1ccc(S(=O)(=O)N2CCCCC2)cc1NC(=O)CCCNC(=O)c1ccco1. The van der Waals surface area contributed by atoms with Gasteiger partial charge < -0.3 is 20.0 Å². The van der Waals surface area contributed by atoms with Gasteiger partial charge in [0, 0.05) is 39.1 Å². The molecular formula is C24H34N4O5S. The standard InChI is InChI=1S/C24H34N4O5S/c1-3-27(4-2)21-13-12-19(34(31,32)28-15-6-5-7-16-28)18-20(21)26-23(29)11-8-14-25-24(30)22-10-9-17-33-22/h9-10,12-13,17-18H,3-8,11,14-16H2,1-2H3,(H,25,30)(H,26,29). The van der Waals surface area contributed by atoms with E-state index in [1.807, 2.05) is 13.8 Å². The van der Waals surface area contributed by atoms with E-state index in [4.69, 9.17) is 4.42 Å².